The van der Waals surface area contributed by atoms with Crippen molar-refractivity contribution in [3.63, 3.8) is 0 Å². The monoisotopic (exact) mass is 333 g/mol. The molecule has 23 heavy (non-hydrogen) atoms. The van der Waals surface area contributed by atoms with Gasteiger partial charge in [-0.15, -0.1) is 0 Å². The second-order valence-corrected chi connectivity index (χ2v) is 6.45. The van der Waals surface area contributed by atoms with Gasteiger partial charge in [-0.2, -0.15) is 0 Å². The van der Waals surface area contributed by atoms with Gasteiger partial charge in [-0.05, 0) is 32.4 Å². The number of benzene rings is 1. The molecule has 1 amide bonds. The summed E-state index contributed by atoms with van der Waals surface area (Å²) in [5.41, 5.74) is 0.616. The van der Waals surface area contributed by atoms with E-state index in [4.69, 9.17) is 0 Å². The lowest BCUT2D eigenvalue weighted by Gasteiger charge is -2.14. The number of amides is 1. The Labute approximate surface area is 140 Å². The number of nitrogens with one attached hydrogen (secondary N) is 1. The van der Waals surface area contributed by atoms with E-state index in [1.165, 1.54) is 11.8 Å². The van der Waals surface area contributed by atoms with Crippen LogP contribution in [0.1, 0.15) is 33.6 Å². The van der Waals surface area contributed by atoms with Crippen LogP contribution < -0.4 is 10.9 Å². The first kappa shape index (κ1) is 17.5. The number of hydrogen-bond donors (Lipinski definition) is 1. The van der Waals surface area contributed by atoms with Gasteiger partial charge in [0.15, 0.2) is 5.16 Å². The number of carbonyl (C=O) groups excluding carboxylic acids is 1. The van der Waals surface area contributed by atoms with Gasteiger partial charge in [-0.3, -0.25) is 14.2 Å². The van der Waals surface area contributed by atoms with Crippen molar-refractivity contribution >= 4 is 28.6 Å². The number of fused-ring (bicyclic) bond motifs is 1. The van der Waals surface area contributed by atoms with Gasteiger partial charge in [0.05, 0.1) is 16.7 Å². The lowest BCUT2D eigenvalue weighted by molar-refractivity contribution is -0.119. The van der Waals surface area contributed by atoms with Crippen LogP contribution in [0.5, 0.6) is 0 Å². The van der Waals surface area contributed by atoms with Crippen molar-refractivity contribution in [3.8, 4) is 0 Å². The van der Waals surface area contributed by atoms with E-state index in [2.05, 4.69) is 17.2 Å². The van der Waals surface area contributed by atoms with Gasteiger partial charge in [0, 0.05) is 12.6 Å². The maximum absolute atomic E-state index is 12.5. The molecule has 1 aromatic heterocycles. The molecule has 1 atom stereocenters. The highest BCUT2D eigenvalue weighted by Gasteiger charge is 2.13. The van der Waals surface area contributed by atoms with Gasteiger partial charge in [0.25, 0.3) is 5.56 Å². The standard InChI is InChI=1S/C17H23N3O2S/c1-4-8-12(3)18-15(21)11-23-17-19-14-10-7-6-9-13(14)16(22)20(17)5-2/h6-7,9-10,12H,4-5,8,11H2,1-3H3,(H,18,21)/t12-/m1/s1. The average molecular weight is 333 g/mol. The van der Waals surface area contributed by atoms with Gasteiger partial charge in [0.2, 0.25) is 5.91 Å². The highest BCUT2D eigenvalue weighted by Crippen LogP contribution is 2.17. The first-order chi connectivity index (χ1) is 11.1. The Morgan fingerprint density at radius 2 is 2.09 bits per heavy atom. The summed E-state index contributed by atoms with van der Waals surface area (Å²) in [7, 11) is 0. The van der Waals surface area contributed by atoms with E-state index in [0.717, 1.165) is 12.8 Å². The molecule has 6 heteroatoms. The van der Waals surface area contributed by atoms with Gasteiger partial charge >= 0.3 is 0 Å². The zero-order chi connectivity index (χ0) is 16.8. The number of carbonyl (C=O) groups is 1. The summed E-state index contributed by atoms with van der Waals surface area (Å²) in [6, 6.07) is 7.47. The molecule has 5 nitrogen and oxygen atoms in total. The number of rotatable bonds is 7. The fraction of sp³-hybridized carbons (Fsp3) is 0.471. The van der Waals surface area contributed by atoms with Gasteiger partial charge in [-0.25, -0.2) is 4.98 Å². The van der Waals surface area contributed by atoms with Crippen LogP contribution in [0, 0.1) is 0 Å². The van der Waals surface area contributed by atoms with Crippen LogP contribution in [-0.4, -0.2) is 27.3 Å². The zero-order valence-electron chi connectivity index (χ0n) is 13.8. The topological polar surface area (TPSA) is 64.0 Å². The minimum atomic E-state index is -0.0552. The molecule has 1 N–H and O–H groups in total. The molecule has 0 saturated heterocycles. The fourth-order valence-electron chi connectivity index (χ4n) is 2.49. The average Bonchev–Trinajstić information content (AvgIpc) is 2.53. The van der Waals surface area contributed by atoms with E-state index >= 15 is 0 Å². The van der Waals surface area contributed by atoms with Crippen LogP contribution in [0.25, 0.3) is 10.9 Å². The summed E-state index contributed by atoms with van der Waals surface area (Å²) in [5.74, 6) is 0.236. The first-order valence-corrected chi connectivity index (χ1v) is 8.97. The predicted octanol–water partition coefficient (Wildman–Crippen LogP) is 2.81. The largest absolute Gasteiger partial charge is 0.353 e. The summed E-state index contributed by atoms with van der Waals surface area (Å²) in [6.07, 6.45) is 2.00. The van der Waals surface area contributed by atoms with E-state index in [0.29, 0.717) is 22.6 Å². The van der Waals surface area contributed by atoms with Crippen molar-refractivity contribution < 1.29 is 4.79 Å². The van der Waals surface area contributed by atoms with Crippen LogP contribution in [0.3, 0.4) is 0 Å². The predicted molar refractivity (Wildman–Crippen MR) is 94.9 cm³/mol. The molecule has 0 saturated carbocycles. The van der Waals surface area contributed by atoms with Crippen LogP contribution in [0.2, 0.25) is 0 Å². The molecule has 0 aliphatic carbocycles. The quantitative estimate of drug-likeness (QED) is 0.625. The molecule has 0 spiro atoms. The van der Waals surface area contributed by atoms with E-state index in [1.54, 1.807) is 10.6 Å². The summed E-state index contributed by atoms with van der Waals surface area (Å²) in [5, 5.41) is 4.17. The van der Waals surface area contributed by atoms with E-state index in [-0.39, 0.29) is 23.3 Å². The van der Waals surface area contributed by atoms with Crippen LogP contribution in [0.4, 0.5) is 0 Å². The Balaban J connectivity index is 2.16. The lowest BCUT2D eigenvalue weighted by atomic mass is 10.2. The summed E-state index contributed by atoms with van der Waals surface area (Å²) < 4.78 is 1.62. The van der Waals surface area contributed by atoms with E-state index in [1.807, 2.05) is 32.0 Å². The Morgan fingerprint density at radius 1 is 1.35 bits per heavy atom. The van der Waals surface area contributed by atoms with Crippen molar-refractivity contribution in [1.29, 1.82) is 0 Å². The number of para-hydroxylation sites is 1. The molecule has 0 unspecified atom stereocenters. The second kappa shape index (κ2) is 8.15. The molecule has 1 heterocycles. The van der Waals surface area contributed by atoms with Crippen molar-refractivity contribution in [2.24, 2.45) is 0 Å². The number of hydrogen-bond acceptors (Lipinski definition) is 4. The lowest BCUT2D eigenvalue weighted by Crippen LogP contribution is -2.34. The minimum Gasteiger partial charge on any atom is -0.353 e. The highest BCUT2D eigenvalue weighted by molar-refractivity contribution is 7.99. The molecule has 0 aliphatic rings. The molecular formula is C17H23N3O2S. The molecule has 0 aliphatic heterocycles. The SMILES string of the molecule is CCC[C@@H](C)NC(=O)CSc1nc2ccccc2c(=O)n1CC. The van der Waals surface area contributed by atoms with Crippen molar-refractivity contribution in [2.75, 3.05) is 5.75 Å². The van der Waals surface area contributed by atoms with Gasteiger partial charge in [-0.1, -0.05) is 37.2 Å². The molecule has 0 radical (unpaired) electrons. The molecule has 124 valence electrons. The third-order valence-corrected chi connectivity index (χ3v) is 4.58. The third-order valence-electron chi connectivity index (χ3n) is 3.60. The summed E-state index contributed by atoms with van der Waals surface area (Å²) in [6.45, 7) is 6.54. The maximum atomic E-state index is 12.5. The van der Waals surface area contributed by atoms with Gasteiger partial charge in [0.1, 0.15) is 0 Å². The van der Waals surface area contributed by atoms with E-state index < -0.39 is 0 Å². The molecular weight excluding hydrogens is 310 g/mol. The van der Waals surface area contributed by atoms with Crippen molar-refractivity contribution in [3.05, 3.63) is 34.6 Å². The zero-order valence-corrected chi connectivity index (χ0v) is 14.7. The van der Waals surface area contributed by atoms with E-state index in [9.17, 15) is 9.59 Å². The molecule has 0 bridgehead atoms. The van der Waals surface area contributed by atoms with Crippen LogP contribution in [-0.2, 0) is 11.3 Å². The molecule has 1 aromatic carbocycles. The van der Waals surface area contributed by atoms with Crippen LogP contribution >= 0.6 is 11.8 Å². The minimum absolute atomic E-state index is 0.0268. The van der Waals surface area contributed by atoms with Crippen LogP contribution in [0.15, 0.2) is 34.2 Å². The van der Waals surface area contributed by atoms with Crippen molar-refractivity contribution in [2.45, 2.75) is 51.4 Å². The Hall–Kier alpha value is -1.82. The van der Waals surface area contributed by atoms with Gasteiger partial charge < -0.3 is 5.32 Å². The molecule has 0 fully saturated rings. The Morgan fingerprint density at radius 3 is 2.78 bits per heavy atom. The Bertz CT molecular complexity index is 742. The normalized spacial score (nSPS) is 12.3. The number of aromatic nitrogens is 2. The summed E-state index contributed by atoms with van der Waals surface area (Å²) >= 11 is 1.31. The second-order valence-electron chi connectivity index (χ2n) is 5.51. The fourth-order valence-corrected chi connectivity index (χ4v) is 3.36. The number of nitrogens with zero attached hydrogens (tertiary/aromatic N) is 2. The molecule has 2 aromatic rings. The maximum Gasteiger partial charge on any atom is 0.262 e. The summed E-state index contributed by atoms with van der Waals surface area (Å²) in [4.78, 5) is 29.0. The highest BCUT2D eigenvalue weighted by atomic mass is 32.2. The van der Waals surface area contributed by atoms with Crippen molar-refractivity contribution in [1.82, 2.24) is 14.9 Å². The first-order valence-electron chi connectivity index (χ1n) is 7.98. The Kier molecular flexibility index (Phi) is 6.21. The molecule has 2 rings (SSSR count). The smallest absolute Gasteiger partial charge is 0.262 e. The number of thioether (sulfide) groups is 1. The third kappa shape index (κ3) is 4.34.